The highest BCUT2D eigenvalue weighted by molar-refractivity contribution is 5.40. The Bertz CT molecular complexity index is 439. The molecular formula is C19H31NO2. The van der Waals surface area contributed by atoms with Crippen LogP contribution in [0.1, 0.15) is 44.6 Å². The molecule has 1 aliphatic carbocycles. The molecule has 1 N–H and O–H groups in total. The lowest BCUT2D eigenvalue weighted by atomic mass is 9.83. The van der Waals surface area contributed by atoms with E-state index in [1.54, 1.807) is 14.2 Å². The van der Waals surface area contributed by atoms with Crippen molar-refractivity contribution in [3.63, 3.8) is 0 Å². The Kier molecular flexibility index (Phi) is 7.04. The maximum atomic E-state index is 5.43. The minimum absolute atomic E-state index is 0.891. The van der Waals surface area contributed by atoms with E-state index in [0.29, 0.717) is 0 Å². The summed E-state index contributed by atoms with van der Waals surface area (Å²) in [6.07, 6.45) is 7.78. The zero-order valence-corrected chi connectivity index (χ0v) is 14.4. The molecule has 1 aromatic rings. The monoisotopic (exact) mass is 305 g/mol. The number of aryl methyl sites for hydroxylation is 1. The van der Waals surface area contributed by atoms with E-state index in [4.69, 9.17) is 9.47 Å². The van der Waals surface area contributed by atoms with Crippen molar-refractivity contribution in [3.05, 3.63) is 23.8 Å². The molecule has 124 valence electrons. The average Bonchev–Trinajstić information content (AvgIpc) is 2.56. The lowest BCUT2D eigenvalue weighted by Gasteiger charge is -2.26. The van der Waals surface area contributed by atoms with Gasteiger partial charge in [-0.3, -0.25) is 0 Å². The third-order valence-electron chi connectivity index (χ3n) is 4.86. The smallest absolute Gasteiger partial charge is 0.122 e. The number of benzene rings is 1. The van der Waals surface area contributed by atoms with Gasteiger partial charge in [0.05, 0.1) is 14.2 Å². The van der Waals surface area contributed by atoms with Gasteiger partial charge in [0.15, 0.2) is 0 Å². The lowest BCUT2D eigenvalue weighted by molar-refractivity contribution is 0.282. The van der Waals surface area contributed by atoms with E-state index in [2.05, 4.69) is 18.3 Å². The molecule has 0 amide bonds. The predicted molar refractivity (Wildman–Crippen MR) is 91.9 cm³/mol. The van der Waals surface area contributed by atoms with Crippen LogP contribution in [0.5, 0.6) is 11.5 Å². The van der Waals surface area contributed by atoms with Crippen LogP contribution in [0.4, 0.5) is 0 Å². The first-order valence-electron chi connectivity index (χ1n) is 8.64. The molecule has 0 atom stereocenters. The van der Waals surface area contributed by atoms with Gasteiger partial charge in [0.1, 0.15) is 11.5 Å². The fraction of sp³-hybridized carbons (Fsp3) is 0.684. The number of rotatable bonds is 8. The fourth-order valence-corrected chi connectivity index (χ4v) is 3.32. The molecule has 0 aliphatic heterocycles. The van der Waals surface area contributed by atoms with Crippen molar-refractivity contribution in [1.82, 2.24) is 5.32 Å². The number of hydrogen-bond acceptors (Lipinski definition) is 3. The van der Waals surface area contributed by atoms with E-state index in [1.807, 2.05) is 12.1 Å². The van der Waals surface area contributed by atoms with Crippen molar-refractivity contribution in [2.24, 2.45) is 11.8 Å². The van der Waals surface area contributed by atoms with Gasteiger partial charge in [-0.1, -0.05) is 19.8 Å². The molecule has 0 aromatic heterocycles. The molecule has 0 saturated heterocycles. The van der Waals surface area contributed by atoms with Crippen LogP contribution in [-0.2, 0) is 6.42 Å². The molecule has 2 rings (SSSR count). The molecule has 1 fully saturated rings. The van der Waals surface area contributed by atoms with E-state index in [0.717, 1.165) is 42.7 Å². The fourth-order valence-electron chi connectivity index (χ4n) is 3.32. The second-order valence-corrected chi connectivity index (χ2v) is 6.61. The van der Waals surface area contributed by atoms with Gasteiger partial charge >= 0.3 is 0 Å². The van der Waals surface area contributed by atoms with Crippen LogP contribution in [0.15, 0.2) is 18.2 Å². The summed E-state index contributed by atoms with van der Waals surface area (Å²) in [7, 11) is 3.44. The highest BCUT2D eigenvalue weighted by Crippen LogP contribution is 2.28. The van der Waals surface area contributed by atoms with Crippen LogP contribution in [0.2, 0.25) is 0 Å². The summed E-state index contributed by atoms with van der Waals surface area (Å²) in [4.78, 5) is 0. The Morgan fingerprint density at radius 1 is 1.09 bits per heavy atom. The van der Waals surface area contributed by atoms with Crippen molar-refractivity contribution in [2.45, 2.75) is 45.4 Å². The van der Waals surface area contributed by atoms with Gasteiger partial charge in [-0.05, 0) is 74.4 Å². The Labute approximate surface area is 135 Å². The zero-order valence-electron chi connectivity index (χ0n) is 14.4. The lowest BCUT2D eigenvalue weighted by Crippen LogP contribution is -2.27. The van der Waals surface area contributed by atoms with Crippen LogP contribution in [0.25, 0.3) is 0 Å². The average molecular weight is 305 g/mol. The SMILES string of the molecule is COc1ccc(OC)c(CCCNCC2CCC(C)CC2)c1. The van der Waals surface area contributed by atoms with Crippen LogP contribution in [-0.4, -0.2) is 27.3 Å². The van der Waals surface area contributed by atoms with Crippen LogP contribution in [0, 0.1) is 11.8 Å². The van der Waals surface area contributed by atoms with E-state index >= 15 is 0 Å². The molecule has 3 nitrogen and oxygen atoms in total. The Hall–Kier alpha value is -1.22. The number of methoxy groups -OCH3 is 2. The highest BCUT2D eigenvalue weighted by Gasteiger charge is 2.17. The standard InChI is InChI=1S/C19H31NO2/c1-15-6-8-16(9-7-15)14-20-12-4-5-17-13-18(21-2)10-11-19(17)22-3/h10-11,13,15-16,20H,4-9,12,14H2,1-3H3. The molecular weight excluding hydrogens is 274 g/mol. The molecule has 1 aliphatic rings. The molecule has 1 aromatic carbocycles. The number of ether oxygens (including phenoxy) is 2. The van der Waals surface area contributed by atoms with Gasteiger partial charge in [-0.2, -0.15) is 0 Å². The van der Waals surface area contributed by atoms with Crippen molar-refractivity contribution in [1.29, 1.82) is 0 Å². The summed E-state index contributed by atoms with van der Waals surface area (Å²) >= 11 is 0. The van der Waals surface area contributed by atoms with E-state index in [-0.39, 0.29) is 0 Å². The molecule has 0 bridgehead atoms. The van der Waals surface area contributed by atoms with Crippen LogP contribution in [0.3, 0.4) is 0 Å². The van der Waals surface area contributed by atoms with E-state index < -0.39 is 0 Å². The van der Waals surface area contributed by atoms with Gasteiger partial charge in [-0.15, -0.1) is 0 Å². The number of hydrogen-bond donors (Lipinski definition) is 1. The minimum atomic E-state index is 0.891. The maximum Gasteiger partial charge on any atom is 0.122 e. The summed E-state index contributed by atoms with van der Waals surface area (Å²) in [6.45, 7) is 4.64. The highest BCUT2D eigenvalue weighted by atomic mass is 16.5. The number of nitrogens with one attached hydrogen (secondary N) is 1. The summed E-state index contributed by atoms with van der Waals surface area (Å²) in [6, 6.07) is 6.02. The van der Waals surface area contributed by atoms with Gasteiger partial charge in [-0.25, -0.2) is 0 Å². The van der Waals surface area contributed by atoms with Gasteiger partial charge in [0.25, 0.3) is 0 Å². The first-order chi connectivity index (χ1) is 10.7. The van der Waals surface area contributed by atoms with Crippen molar-refractivity contribution < 1.29 is 9.47 Å². The van der Waals surface area contributed by atoms with Gasteiger partial charge < -0.3 is 14.8 Å². The zero-order chi connectivity index (χ0) is 15.8. The second-order valence-electron chi connectivity index (χ2n) is 6.61. The molecule has 1 saturated carbocycles. The Morgan fingerprint density at radius 2 is 1.86 bits per heavy atom. The minimum Gasteiger partial charge on any atom is -0.497 e. The maximum absolute atomic E-state index is 5.43. The van der Waals surface area contributed by atoms with Crippen LogP contribution < -0.4 is 14.8 Å². The van der Waals surface area contributed by atoms with Crippen molar-refractivity contribution in [3.8, 4) is 11.5 Å². The summed E-state index contributed by atoms with van der Waals surface area (Å²) < 4.78 is 10.7. The molecule has 3 heteroatoms. The van der Waals surface area contributed by atoms with Crippen LogP contribution >= 0.6 is 0 Å². The normalized spacial score (nSPS) is 21.6. The van der Waals surface area contributed by atoms with Crippen molar-refractivity contribution >= 4 is 0 Å². The predicted octanol–water partition coefficient (Wildman–Crippen LogP) is 4.05. The third kappa shape index (κ3) is 5.20. The van der Waals surface area contributed by atoms with Crippen molar-refractivity contribution in [2.75, 3.05) is 27.3 Å². The summed E-state index contributed by atoms with van der Waals surface area (Å²) in [5.74, 6) is 3.70. The molecule has 0 radical (unpaired) electrons. The molecule has 0 unspecified atom stereocenters. The van der Waals surface area contributed by atoms with Gasteiger partial charge in [0.2, 0.25) is 0 Å². The first-order valence-corrected chi connectivity index (χ1v) is 8.64. The molecule has 0 heterocycles. The summed E-state index contributed by atoms with van der Waals surface area (Å²) in [5, 5.41) is 3.63. The first kappa shape index (κ1) is 17.1. The Morgan fingerprint density at radius 3 is 2.55 bits per heavy atom. The summed E-state index contributed by atoms with van der Waals surface area (Å²) in [5.41, 5.74) is 1.23. The third-order valence-corrected chi connectivity index (χ3v) is 4.86. The second kappa shape index (κ2) is 9.04. The topological polar surface area (TPSA) is 30.5 Å². The largest absolute Gasteiger partial charge is 0.497 e. The quantitative estimate of drug-likeness (QED) is 0.735. The Balaban J connectivity index is 1.68. The molecule has 22 heavy (non-hydrogen) atoms. The molecule has 0 spiro atoms. The van der Waals surface area contributed by atoms with E-state index in [9.17, 15) is 0 Å². The van der Waals surface area contributed by atoms with Gasteiger partial charge in [0, 0.05) is 0 Å². The van der Waals surface area contributed by atoms with E-state index in [1.165, 1.54) is 37.8 Å².